The van der Waals surface area contributed by atoms with Gasteiger partial charge in [0.15, 0.2) is 0 Å². The highest BCUT2D eigenvalue weighted by molar-refractivity contribution is 4.80. The summed E-state index contributed by atoms with van der Waals surface area (Å²) >= 11 is 0. The van der Waals surface area contributed by atoms with Crippen molar-refractivity contribution < 1.29 is 10.2 Å². The van der Waals surface area contributed by atoms with Crippen LogP contribution in [-0.2, 0) is 0 Å². The van der Waals surface area contributed by atoms with Crippen LogP contribution in [0, 0.1) is 5.92 Å². The van der Waals surface area contributed by atoms with Gasteiger partial charge in [0.2, 0.25) is 0 Å². The van der Waals surface area contributed by atoms with Gasteiger partial charge in [-0.2, -0.15) is 0 Å². The monoisotopic (exact) mass is 230 g/mol. The van der Waals surface area contributed by atoms with E-state index in [0.717, 1.165) is 25.6 Å². The lowest BCUT2D eigenvalue weighted by molar-refractivity contribution is 0.0450. The number of piperidine rings is 1. The van der Waals surface area contributed by atoms with E-state index in [9.17, 15) is 5.11 Å². The van der Waals surface area contributed by atoms with Gasteiger partial charge in [-0.15, -0.1) is 0 Å². The highest BCUT2D eigenvalue weighted by Crippen LogP contribution is 2.20. The molecule has 3 N–H and O–H groups in total. The maximum atomic E-state index is 9.37. The van der Waals surface area contributed by atoms with E-state index in [-0.39, 0.29) is 6.61 Å². The lowest BCUT2D eigenvalue weighted by Crippen LogP contribution is -2.44. The molecule has 1 heterocycles. The third-order valence-electron chi connectivity index (χ3n) is 3.55. The van der Waals surface area contributed by atoms with Gasteiger partial charge < -0.3 is 20.4 Å². The fourth-order valence-electron chi connectivity index (χ4n) is 2.48. The normalized spacial score (nSPS) is 23.2. The lowest BCUT2D eigenvalue weighted by atomic mass is 9.90. The molecule has 0 aromatic carbocycles. The van der Waals surface area contributed by atoms with Crippen LogP contribution in [0.2, 0.25) is 0 Å². The number of hydrogen-bond donors (Lipinski definition) is 3. The molecule has 1 saturated heterocycles. The maximum absolute atomic E-state index is 9.37. The number of nitrogens with one attached hydrogen (secondary N) is 1. The molecule has 0 bridgehead atoms. The van der Waals surface area contributed by atoms with Crippen molar-refractivity contribution in [2.75, 3.05) is 32.8 Å². The predicted octanol–water partition coefficient (Wildman–Crippen LogP) is 0.0496. The summed E-state index contributed by atoms with van der Waals surface area (Å²) in [6, 6.07) is 0.593. The molecule has 0 amide bonds. The highest BCUT2D eigenvalue weighted by atomic mass is 16.3. The average Bonchev–Trinajstić information content (AvgIpc) is 2.30. The topological polar surface area (TPSA) is 55.7 Å². The standard InChI is InChI=1S/C12H26N2O2/c1-3-13-10(2)11-4-6-14(7-5-11)8-12(16)9-15/h10-13,15-16H,3-9H2,1-2H3. The first-order valence-corrected chi connectivity index (χ1v) is 6.42. The fourth-order valence-corrected chi connectivity index (χ4v) is 2.48. The van der Waals surface area contributed by atoms with Crippen molar-refractivity contribution in [2.45, 2.75) is 38.8 Å². The predicted molar refractivity (Wildman–Crippen MR) is 65.4 cm³/mol. The first kappa shape index (κ1) is 13.9. The maximum Gasteiger partial charge on any atom is 0.0897 e. The number of rotatable bonds is 6. The summed E-state index contributed by atoms with van der Waals surface area (Å²) in [4.78, 5) is 2.25. The van der Waals surface area contributed by atoms with Crippen LogP contribution in [0.15, 0.2) is 0 Å². The summed E-state index contributed by atoms with van der Waals surface area (Å²) in [6.45, 7) is 7.99. The first-order valence-electron chi connectivity index (χ1n) is 6.42. The molecule has 16 heavy (non-hydrogen) atoms. The van der Waals surface area contributed by atoms with Crippen molar-refractivity contribution in [1.82, 2.24) is 10.2 Å². The van der Waals surface area contributed by atoms with E-state index in [2.05, 4.69) is 24.1 Å². The number of aliphatic hydroxyl groups is 2. The van der Waals surface area contributed by atoms with Crippen LogP contribution in [0.25, 0.3) is 0 Å². The second-order valence-electron chi connectivity index (χ2n) is 4.82. The number of nitrogens with zero attached hydrogens (tertiary/aromatic N) is 1. The van der Waals surface area contributed by atoms with Crippen molar-refractivity contribution >= 4 is 0 Å². The van der Waals surface area contributed by atoms with Crippen LogP contribution < -0.4 is 5.32 Å². The minimum absolute atomic E-state index is 0.131. The van der Waals surface area contributed by atoms with E-state index < -0.39 is 6.10 Å². The van der Waals surface area contributed by atoms with Crippen molar-refractivity contribution in [3.05, 3.63) is 0 Å². The van der Waals surface area contributed by atoms with Crippen LogP contribution in [0.1, 0.15) is 26.7 Å². The van der Waals surface area contributed by atoms with E-state index >= 15 is 0 Å². The van der Waals surface area contributed by atoms with Crippen molar-refractivity contribution in [1.29, 1.82) is 0 Å². The Morgan fingerprint density at radius 3 is 2.50 bits per heavy atom. The van der Waals surface area contributed by atoms with Crippen LogP contribution in [0.3, 0.4) is 0 Å². The Kier molecular flexibility index (Phi) is 6.28. The van der Waals surface area contributed by atoms with E-state index in [0.29, 0.717) is 12.6 Å². The van der Waals surface area contributed by atoms with E-state index in [1.54, 1.807) is 0 Å². The van der Waals surface area contributed by atoms with Gasteiger partial charge in [-0.1, -0.05) is 6.92 Å². The van der Waals surface area contributed by atoms with Crippen molar-refractivity contribution in [3.8, 4) is 0 Å². The number of likely N-dealkylation sites (tertiary alicyclic amines) is 1. The second kappa shape index (κ2) is 7.22. The summed E-state index contributed by atoms with van der Waals surface area (Å²) < 4.78 is 0. The zero-order valence-corrected chi connectivity index (χ0v) is 10.5. The van der Waals surface area contributed by atoms with E-state index in [1.807, 2.05) is 0 Å². The molecule has 2 unspecified atom stereocenters. The van der Waals surface area contributed by atoms with Crippen molar-refractivity contribution in [2.24, 2.45) is 5.92 Å². The summed E-state index contributed by atoms with van der Waals surface area (Å²) in [5.74, 6) is 0.752. The average molecular weight is 230 g/mol. The van der Waals surface area contributed by atoms with Gasteiger partial charge in [-0.25, -0.2) is 0 Å². The van der Waals surface area contributed by atoms with Crippen LogP contribution in [0.5, 0.6) is 0 Å². The highest BCUT2D eigenvalue weighted by Gasteiger charge is 2.24. The quantitative estimate of drug-likeness (QED) is 0.603. The van der Waals surface area contributed by atoms with Gasteiger partial charge in [0.1, 0.15) is 0 Å². The molecule has 96 valence electrons. The summed E-state index contributed by atoms with van der Waals surface area (Å²) in [5.41, 5.74) is 0. The Labute approximate surface area is 98.6 Å². The summed E-state index contributed by atoms with van der Waals surface area (Å²) in [7, 11) is 0. The number of hydrogen-bond acceptors (Lipinski definition) is 4. The van der Waals surface area contributed by atoms with Gasteiger partial charge >= 0.3 is 0 Å². The van der Waals surface area contributed by atoms with E-state index in [1.165, 1.54) is 12.8 Å². The number of aliphatic hydroxyl groups excluding tert-OH is 2. The van der Waals surface area contributed by atoms with Gasteiger partial charge in [-0.3, -0.25) is 0 Å². The van der Waals surface area contributed by atoms with Crippen LogP contribution in [-0.4, -0.2) is 60.0 Å². The molecule has 0 aliphatic carbocycles. The largest absolute Gasteiger partial charge is 0.394 e. The minimum atomic E-state index is -0.581. The lowest BCUT2D eigenvalue weighted by Gasteiger charge is -2.35. The molecular formula is C12H26N2O2. The Morgan fingerprint density at radius 2 is 2.00 bits per heavy atom. The molecular weight excluding hydrogens is 204 g/mol. The van der Waals surface area contributed by atoms with Gasteiger partial charge in [0, 0.05) is 12.6 Å². The first-order chi connectivity index (χ1) is 7.67. The zero-order chi connectivity index (χ0) is 12.0. The summed E-state index contributed by atoms with van der Waals surface area (Å²) in [6.07, 6.45) is 1.79. The third-order valence-corrected chi connectivity index (χ3v) is 3.55. The SMILES string of the molecule is CCNC(C)C1CCN(CC(O)CO)CC1. The molecule has 0 aromatic heterocycles. The molecule has 0 spiro atoms. The van der Waals surface area contributed by atoms with Crippen LogP contribution in [0.4, 0.5) is 0 Å². The fraction of sp³-hybridized carbons (Fsp3) is 1.00. The second-order valence-corrected chi connectivity index (χ2v) is 4.82. The molecule has 4 heteroatoms. The molecule has 1 aliphatic rings. The van der Waals surface area contributed by atoms with Gasteiger partial charge in [0.25, 0.3) is 0 Å². The molecule has 1 fully saturated rings. The van der Waals surface area contributed by atoms with E-state index in [4.69, 9.17) is 5.11 Å². The van der Waals surface area contributed by atoms with Gasteiger partial charge in [-0.05, 0) is 45.3 Å². The Bertz CT molecular complexity index is 182. The molecule has 2 atom stereocenters. The smallest absolute Gasteiger partial charge is 0.0897 e. The molecule has 0 aromatic rings. The Morgan fingerprint density at radius 1 is 1.38 bits per heavy atom. The molecule has 0 saturated carbocycles. The minimum Gasteiger partial charge on any atom is -0.394 e. The third kappa shape index (κ3) is 4.37. The number of β-amino-alcohol motifs (C(OH)–C–C–N with tert-alkyl or cyclic N) is 1. The Balaban J connectivity index is 2.23. The van der Waals surface area contributed by atoms with Crippen LogP contribution >= 0.6 is 0 Å². The molecule has 1 rings (SSSR count). The zero-order valence-electron chi connectivity index (χ0n) is 10.5. The Hall–Kier alpha value is -0.160. The molecule has 1 aliphatic heterocycles. The summed E-state index contributed by atoms with van der Waals surface area (Å²) in [5, 5.41) is 21.6. The molecule has 0 radical (unpaired) electrons. The van der Waals surface area contributed by atoms with Gasteiger partial charge in [0.05, 0.1) is 12.7 Å². The van der Waals surface area contributed by atoms with Crippen molar-refractivity contribution in [3.63, 3.8) is 0 Å². The molecule has 4 nitrogen and oxygen atoms in total.